The molecule has 4 nitrogen and oxygen atoms in total. The molecule has 1 rings (SSSR count). The van der Waals surface area contributed by atoms with Gasteiger partial charge in [0.2, 0.25) is 5.91 Å². The number of aliphatic hydroxyl groups is 2. The largest absolute Gasteiger partial charge is 0.395 e. The van der Waals surface area contributed by atoms with Gasteiger partial charge in [-0.25, -0.2) is 8.78 Å². The molecule has 0 saturated carbocycles. The van der Waals surface area contributed by atoms with E-state index < -0.39 is 11.6 Å². The van der Waals surface area contributed by atoms with Crippen LogP contribution >= 0.6 is 11.8 Å². The quantitative estimate of drug-likeness (QED) is 0.710. The van der Waals surface area contributed by atoms with Crippen LogP contribution in [0.2, 0.25) is 0 Å². The molecule has 0 atom stereocenters. The smallest absolute Gasteiger partial charge is 0.223 e. The van der Waals surface area contributed by atoms with E-state index in [4.69, 9.17) is 10.2 Å². The van der Waals surface area contributed by atoms with E-state index in [1.54, 1.807) is 0 Å². The fourth-order valence-electron chi connectivity index (χ4n) is 1.58. The van der Waals surface area contributed by atoms with Crippen LogP contribution in [0.25, 0.3) is 0 Å². The molecular weight excluding hydrogens is 288 g/mol. The van der Waals surface area contributed by atoms with Gasteiger partial charge in [-0.2, -0.15) is 0 Å². The number of aliphatic hydroxyl groups excluding tert-OH is 2. The number of amides is 1. The van der Waals surface area contributed by atoms with Crippen molar-refractivity contribution in [1.29, 1.82) is 0 Å². The molecule has 0 aliphatic heterocycles. The standard InChI is InChI=1S/C13H17F2NO3S/c14-11-2-1-10(9-12(11)15)20-8-3-13(19)16(4-6-17)5-7-18/h1-2,9,17-18H,3-8H2. The summed E-state index contributed by atoms with van der Waals surface area (Å²) >= 11 is 1.25. The maximum absolute atomic E-state index is 13.0. The maximum atomic E-state index is 13.0. The van der Waals surface area contributed by atoms with Gasteiger partial charge in [0.15, 0.2) is 11.6 Å². The van der Waals surface area contributed by atoms with Gasteiger partial charge in [-0.05, 0) is 18.2 Å². The number of nitrogens with zero attached hydrogens (tertiary/aromatic N) is 1. The predicted octanol–water partition coefficient (Wildman–Crippen LogP) is 1.26. The molecule has 0 heterocycles. The Morgan fingerprint density at radius 1 is 1.15 bits per heavy atom. The Morgan fingerprint density at radius 3 is 2.35 bits per heavy atom. The predicted molar refractivity (Wildman–Crippen MR) is 72.5 cm³/mol. The van der Waals surface area contributed by atoms with E-state index >= 15 is 0 Å². The first-order chi connectivity index (χ1) is 9.58. The van der Waals surface area contributed by atoms with Crippen molar-refractivity contribution in [1.82, 2.24) is 4.90 Å². The van der Waals surface area contributed by atoms with Crippen molar-refractivity contribution in [3.8, 4) is 0 Å². The van der Waals surface area contributed by atoms with Crippen LogP contribution in [-0.2, 0) is 4.79 Å². The number of benzene rings is 1. The van der Waals surface area contributed by atoms with Crippen molar-refractivity contribution in [3.63, 3.8) is 0 Å². The zero-order chi connectivity index (χ0) is 15.0. The third-order valence-corrected chi connectivity index (χ3v) is 3.56. The van der Waals surface area contributed by atoms with Gasteiger partial charge in [0, 0.05) is 30.2 Å². The Bertz CT molecular complexity index is 440. The summed E-state index contributed by atoms with van der Waals surface area (Å²) in [6, 6.07) is 3.58. The molecule has 0 aliphatic rings. The average Bonchev–Trinajstić information content (AvgIpc) is 2.42. The van der Waals surface area contributed by atoms with Gasteiger partial charge in [-0.15, -0.1) is 11.8 Å². The van der Waals surface area contributed by atoms with Crippen LogP contribution in [0.3, 0.4) is 0 Å². The topological polar surface area (TPSA) is 60.8 Å². The lowest BCUT2D eigenvalue weighted by atomic mass is 10.3. The minimum Gasteiger partial charge on any atom is -0.395 e. The number of carbonyl (C=O) groups is 1. The molecule has 1 aromatic carbocycles. The molecule has 1 amide bonds. The van der Waals surface area contributed by atoms with Crippen molar-refractivity contribution >= 4 is 17.7 Å². The summed E-state index contributed by atoms with van der Waals surface area (Å²) in [5.74, 6) is -1.59. The Morgan fingerprint density at radius 2 is 1.80 bits per heavy atom. The van der Waals surface area contributed by atoms with E-state index in [1.165, 1.54) is 22.7 Å². The molecule has 0 saturated heterocycles. The summed E-state index contributed by atoms with van der Waals surface area (Å²) in [5, 5.41) is 17.6. The van der Waals surface area contributed by atoms with Crippen molar-refractivity contribution in [3.05, 3.63) is 29.8 Å². The molecule has 20 heavy (non-hydrogen) atoms. The number of halogens is 2. The van der Waals surface area contributed by atoms with Crippen LogP contribution in [0.4, 0.5) is 8.78 Å². The summed E-state index contributed by atoms with van der Waals surface area (Å²) in [6.07, 6.45) is 0.198. The minimum atomic E-state index is -0.913. The first kappa shape index (κ1) is 16.9. The zero-order valence-electron chi connectivity index (χ0n) is 10.9. The molecule has 1 aromatic rings. The normalized spacial score (nSPS) is 10.6. The number of hydrogen-bond donors (Lipinski definition) is 2. The van der Waals surface area contributed by atoms with E-state index in [9.17, 15) is 13.6 Å². The molecule has 0 aliphatic carbocycles. The first-order valence-electron chi connectivity index (χ1n) is 6.15. The number of carbonyl (C=O) groups excluding carboxylic acids is 1. The molecule has 7 heteroatoms. The van der Waals surface area contributed by atoms with Gasteiger partial charge in [-0.3, -0.25) is 4.79 Å². The first-order valence-corrected chi connectivity index (χ1v) is 7.14. The zero-order valence-corrected chi connectivity index (χ0v) is 11.7. The van der Waals surface area contributed by atoms with Gasteiger partial charge in [0.25, 0.3) is 0 Å². The third kappa shape index (κ3) is 5.44. The summed E-state index contributed by atoms with van der Waals surface area (Å²) in [6.45, 7) is 0.0224. The second-order valence-electron chi connectivity index (χ2n) is 4.00. The fraction of sp³-hybridized carbons (Fsp3) is 0.462. The Kier molecular flexibility index (Phi) is 7.50. The van der Waals surface area contributed by atoms with Crippen molar-refractivity contribution < 1.29 is 23.8 Å². The Balaban J connectivity index is 2.42. The van der Waals surface area contributed by atoms with Crippen LogP contribution < -0.4 is 0 Å². The van der Waals surface area contributed by atoms with Crippen molar-refractivity contribution in [2.45, 2.75) is 11.3 Å². The van der Waals surface area contributed by atoms with E-state index in [0.717, 1.165) is 12.1 Å². The average molecular weight is 305 g/mol. The summed E-state index contributed by atoms with van der Waals surface area (Å²) in [7, 11) is 0. The monoisotopic (exact) mass is 305 g/mol. The van der Waals surface area contributed by atoms with E-state index in [2.05, 4.69) is 0 Å². The fourth-order valence-corrected chi connectivity index (χ4v) is 2.45. The van der Waals surface area contributed by atoms with Crippen LogP contribution in [0, 0.1) is 11.6 Å². The van der Waals surface area contributed by atoms with Gasteiger partial charge in [0.1, 0.15) is 0 Å². The van der Waals surface area contributed by atoms with Gasteiger partial charge >= 0.3 is 0 Å². The van der Waals surface area contributed by atoms with Gasteiger partial charge in [0.05, 0.1) is 13.2 Å². The number of hydrogen-bond acceptors (Lipinski definition) is 4. The molecule has 0 spiro atoms. The maximum Gasteiger partial charge on any atom is 0.223 e. The summed E-state index contributed by atoms with van der Waals surface area (Å²) in [4.78, 5) is 13.7. The second kappa shape index (κ2) is 8.89. The highest BCUT2D eigenvalue weighted by Gasteiger charge is 2.12. The van der Waals surface area contributed by atoms with E-state index in [-0.39, 0.29) is 38.6 Å². The van der Waals surface area contributed by atoms with E-state index in [1.807, 2.05) is 0 Å². The summed E-state index contributed by atoms with van der Waals surface area (Å²) < 4.78 is 25.7. The van der Waals surface area contributed by atoms with Crippen LogP contribution in [0.5, 0.6) is 0 Å². The lowest BCUT2D eigenvalue weighted by Gasteiger charge is -2.20. The molecule has 0 radical (unpaired) electrons. The molecular formula is C13H17F2NO3S. The lowest BCUT2D eigenvalue weighted by molar-refractivity contribution is -0.131. The summed E-state index contributed by atoms with van der Waals surface area (Å²) in [5.41, 5.74) is 0. The third-order valence-electron chi connectivity index (χ3n) is 2.57. The lowest BCUT2D eigenvalue weighted by Crippen LogP contribution is -2.36. The minimum absolute atomic E-state index is 0.165. The van der Waals surface area contributed by atoms with Crippen molar-refractivity contribution in [2.24, 2.45) is 0 Å². The SMILES string of the molecule is O=C(CCSc1ccc(F)c(F)c1)N(CCO)CCO. The Labute approximate surface area is 120 Å². The molecule has 0 unspecified atom stereocenters. The van der Waals surface area contributed by atoms with Crippen LogP contribution in [0.15, 0.2) is 23.1 Å². The highest BCUT2D eigenvalue weighted by Crippen LogP contribution is 2.21. The molecule has 112 valence electrons. The molecule has 0 bridgehead atoms. The van der Waals surface area contributed by atoms with E-state index in [0.29, 0.717) is 10.6 Å². The molecule has 0 fully saturated rings. The highest BCUT2D eigenvalue weighted by molar-refractivity contribution is 7.99. The molecule has 2 N–H and O–H groups in total. The number of thioether (sulfide) groups is 1. The second-order valence-corrected chi connectivity index (χ2v) is 5.17. The Hall–Kier alpha value is -1.18. The van der Waals surface area contributed by atoms with Crippen LogP contribution in [-0.4, -0.2) is 53.1 Å². The van der Waals surface area contributed by atoms with Gasteiger partial charge in [-0.1, -0.05) is 0 Å². The highest BCUT2D eigenvalue weighted by atomic mass is 32.2. The van der Waals surface area contributed by atoms with Crippen molar-refractivity contribution in [2.75, 3.05) is 32.1 Å². The van der Waals surface area contributed by atoms with Gasteiger partial charge < -0.3 is 15.1 Å². The van der Waals surface area contributed by atoms with Crippen LogP contribution in [0.1, 0.15) is 6.42 Å². The molecule has 0 aromatic heterocycles. The number of rotatable bonds is 8.